The van der Waals surface area contributed by atoms with Crippen molar-refractivity contribution < 1.29 is 13.9 Å². The Hall–Kier alpha value is -3.08. The van der Waals surface area contributed by atoms with Gasteiger partial charge in [0.25, 0.3) is 0 Å². The molecule has 5 nitrogen and oxygen atoms in total. The van der Waals surface area contributed by atoms with Crippen LogP contribution in [-0.4, -0.2) is 17.5 Å². The number of anilines is 1. The molecule has 1 amide bonds. The highest BCUT2D eigenvalue weighted by atomic mass is 16.5. The molecule has 0 aliphatic carbocycles. The number of benzene rings is 2. The molecule has 3 aromatic rings. The van der Waals surface area contributed by atoms with Crippen LogP contribution in [-0.2, 0) is 11.2 Å². The third-order valence-electron chi connectivity index (χ3n) is 3.95. The molecule has 0 saturated carbocycles. The number of rotatable bonds is 7. The van der Waals surface area contributed by atoms with E-state index in [0.29, 0.717) is 25.3 Å². The van der Waals surface area contributed by atoms with Crippen molar-refractivity contribution >= 4 is 11.6 Å². The van der Waals surface area contributed by atoms with Gasteiger partial charge in [-0.25, -0.2) is 4.98 Å². The van der Waals surface area contributed by atoms with Crippen LogP contribution in [0.5, 0.6) is 5.75 Å². The van der Waals surface area contributed by atoms with E-state index in [-0.39, 0.29) is 5.91 Å². The number of carbonyl (C=O) groups is 1. The number of carbonyl (C=O) groups excluding carboxylic acids is 1. The molecule has 26 heavy (non-hydrogen) atoms. The maximum Gasteiger partial charge on any atom is 0.226 e. The molecule has 0 aliphatic heterocycles. The molecule has 134 valence electrons. The molecule has 1 N–H and O–H groups in total. The van der Waals surface area contributed by atoms with Crippen molar-refractivity contribution in [3.8, 4) is 17.2 Å². The molecule has 0 radical (unpaired) electrons. The summed E-state index contributed by atoms with van der Waals surface area (Å²) in [7, 11) is 0. The molecule has 5 heteroatoms. The van der Waals surface area contributed by atoms with Crippen LogP contribution in [0.1, 0.15) is 24.8 Å². The molecule has 0 saturated heterocycles. The third kappa shape index (κ3) is 4.51. The number of nitrogens with zero attached hydrogens (tertiary/aromatic N) is 1. The van der Waals surface area contributed by atoms with Crippen molar-refractivity contribution in [3.05, 3.63) is 66.1 Å². The van der Waals surface area contributed by atoms with Gasteiger partial charge in [-0.1, -0.05) is 18.2 Å². The summed E-state index contributed by atoms with van der Waals surface area (Å²) in [4.78, 5) is 16.7. The molecule has 0 atom stereocenters. The summed E-state index contributed by atoms with van der Waals surface area (Å²) in [6, 6.07) is 17.1. The normalized spacial score (nSPS) is 10.5. The van der Waals surface area contributed by atoms with Crippen molar-refractivity contribution in [2.45, 2.75) is 26.7 Å². The number of hydrogen-bond donors (Lipinski definition) is 1. The van der Waals surface area contributed by atoms with Crippen molar-refractivity contribution in [1.82, 2.24) is 4.98 Å². The van der Waals surface area contributed by atoms with Gasteiger partial charge in [-0.05, 0) is 50.2 Å². The number of oxazole rings is 1. The maximum absolute atomic E-state index is 12.2. The highest BCUT2D eigenvalue weighted by Crippen LogP contribution is 2.22. The molecule has 1 heterocycles. The molecule has 0 bridgehead atoms. The Balaban J connectivity index is 1.57. The van der Waals surface area contributed by atoms with Gasteiger partial charge in [-0.2, -0.15) is 0 Å². The first kappa shape index (κ1) is 17.7. The van der Waals surface area contributed by atoms with Crippen molar-refractivity contribution in [2.75, 3.05) is 11.9 Å². The van der Waals surface area contributed by atoms with Gasteiger partial charge in [0.1, 0.15) is 11.5 Å². The Bertz CT molecular complexity index is 855. The Morgan fingerprint density at radius 1 is 1.12 bits per heavy atom. The SMILES string of the molecule is CCOc1ccc(NC(=O)CCc2nc(-c3ccccc3)oc2C)cc1. The van der Waals surface area contributed by atoms with E-state index >= 15 is 0 Å². The van der Waals surface area contributed by atoms with Gasteiger partial charge in [0.05, 0.1) is 12.3 Å². The summed E-state index contributed by atoms with van der Waals surface area (Å²) < 4.78 is 11.1. The number of aromatic nitrogens is 1. The van der Waals surface area contributed by atoms with Gasteiger partial charge in [0.15, 0.2) is 0 Å². The van der Waals surface area contributed by atoms with E-state index in [1.807, 2.05) is 68.4 Å². The van der Waals surface area contributed by atoms with Gasteiger partial charge in [-0.15, -0.1) is 0 Å². The zero-order valence-electron chi connectivity index (χ0n) is 15.0. The van der Waals surface area contributed by atoms with Crippen LogP contribution < -0.4 is 10.1 Å². The Kier molecular flexibility index (Phi) is 5.69. The number of aryl methyl sites for hydroxylation is 2. The predicted octanol–water partition coefficient (Wildman–Crippen LogP) is 4.62. The van der Waals surface area contributed by atoms with Gasteiger partial charge < -0.3 is 14.5 Å². The van der Waals surface area contributed by atoms with E-state index < -0.39 is 0 Å². The van der Waals surface area contributed by atoms with Gasteiger partial charge in [-0.3, -0.25) is 4.79 Å². The minimum absolute atomic E-state index is 0.0576. The van der Waals surface area contributed by atoms with Crippen LogP contribution in [0.15, 0.2) is 59.0 Å². The average Bonchev–Trinajstić information content (AvgIpc) is 3.03. The molecule has 0 spiro atoms. The maximum atomic E-state index is 12.2. The summed E-state index contributed by atoms with van der Waals surface area (Å²) in [5.74, 6) is 2.07. The first-order chi connectivity index (χ1) is 12.7. The number of nitrogens with one attached hydrogen (secondary N) is 1. The fraction of sp³-hybridized carbons (Fsp3) is 0.238. The summed E-state index contributed by atoms with van der Waals surface area (Å²) in [6.45, 7) is 4.43. The molecule has 2 aromatic carbocycles. The second-order valence-electron chi connectivity index (χ2n) is 5.89. The van der Waals surface area contributed by atoms with Gasteiger partial charge in [0, 0.05) is 24.1 Å². The number of ether oxygens (including phenoxy) is 1. The lowest BCUT2D eigenvalue weighted by molar-refractivity contribution is -0.116. The Morgan fingerprint density at radius 2 is 1.85 bits per heavy atom. The Labute approximate surface area is 153 Å². The van der Waals surface area contributed by atoms with E-state index in [1.54, 1.807) is 0 Å². The zero-order valence-corrected chi connectivity index (χ0v) is 15.0. The van der Waals surface area contributed by atoms with Crippen LogP contribution in [0.3, 0.4) is 0 Å². The highest BCUT2D eigenvalue weighted by Gasteiger charge is 2.13. The van der Waals surface area contributed by atoms with Crippen LogP contribution >= 0.6 is 0 Å². The highest BCUT2D eigenvalue weighted by molar-refractivity contribution is 5.90. The third-order valence-corrected chi connectivity index (χ3v) is 3.95. The number of hydrogen-bond acceptors (Lipinski definition) is 4. The lowest BCUT2D eigenvalue weighted by atomic mass is 10.2. The zero-order chi connectivity index (χ0) is 18.4. The summed E-state index contributed by atoms with van der Waals surface area (Å²) in [5, 5.41) is 2.89. The van der Waals surface area contributed by atoms with E-state index in [9.17, 15) is 4.79 Å². The van der Waals surface area contributed by atoms with Crippen LogP contribution in [0.4, 0.5) is 5.69 Å². The quantitative estimate of drug-likeness (QED) is 0.675. The molecular weight excluding hydrogens is 328 g/mol. The Morgan fingerprint density at radius 3 is 2.54 bits per heavy atom. The molecule has 1 aromatic heterocycles. The lowest BCUT2D eigenvalue weighted by Crippen LogP contribution is -2.12. The summed E-state index contributed by atoms with van der Waals surface area (Å²) in [6.07, 6.45) is 0.875. The summed E-state index contributed by atoms with van der Waals surface area (Å²) >= 11 is 0. The first-order valence-corrected chi connectivity index (χ1v) is 8.70. The topological polar surface area (TPSA) is 64.4 Å². The van der Waals surface area contributed by atoms with Gasteiger partial charge in [0.2, 0.25) is 11.8 Å². The molecule has 0 fully saturated rings. The van der Waals surface area contributed by atoms with E-state index in [2.05, 4.69) is 10.3 Å². The second-order valence-corrected chi connectivity index (χ2v) is 5.89. The van der Waals surface area contributed by atoms with Crippen LogP contribution in [0.25, 0.3) is 11.5 Å². The first-order valence-electron chi connectivity index (χ1n) is 8.70. The standard InChI is InChI=1S/C21H22N2O3/c1-3-25-18-11-9-17(10-12-18)22-20(24)14-13-19-15(2)26-21(23-19)16-7-5-4-6-8-16/h4-12H,3,13-14H2,1-2H3,(H,22,24). The fourth-order valence-electron chi connectivity index (χ4n) is 2.62. The van der Waals surface area contributed by atoms with E-state index in [4.69, 9.17) is 9.15 Å². The minimum Gasteiger partial charge on any atom is -0.494 e. The summed E-state index contributed by atoms with van der Waals surface area (Å²) in [5.41, 5.74) is 2.49. The van der Waals surface area contributed by atoms with Crippen LogP contribution in [0.2, 0.25) is 0 Å². The average molecular weight is 350 g/mol. The largest absolute Gasteiger partial charge is 0.494 e. The smallest absolute Gasteiger partial charge is 0.226 e. The van der Waals surface area contributed by atoms with Crippen molar-refractivity contribution in [3.63, 3.8) is 0 Å². The second kappa shape index (κ2) is 8.34. The fourth-order valence-corrected chi connectivity index (χ4v) is 2.62. The lowest BCUT2D eigenvalue weighted by Gasteiger charge is -2.06. The monoisotopic (exact) mass is 350 g/mol. The molecule has 3 rings (SSSR count). The molecule has 0 aliphatic rings. The van der Waals surface area contributed by atoms with Gasteiger partial charge >= 0.3 is 0 Å². The molecule has 0 unspecified atom stereocenters. The van der Waals surface area contributed by atoms with Crippen molar-refractivity contribution in [2.24, 2.45) is 0 Å². The van der Waals surface area contributed by atoms with E-state index in [1.165, 1.54) is 0 Å². The van der Waals surface area contributed by atoms with Crippen molar-refractivity contribution in [1.29, 1.82) is 0 Å². The van der Waals surface area contributed by atoms with Crippen LogP contribution in [0, 0.1) is 6.92 Å². The predicted molar refractivity (Wildman–Crippen MR) is 101 cm³/mol. The minimum atomic E-state index is -0.0576. The molecular formula is C21H22N2O3. The van der Waals surface area contributed by atoms with E-state index in [0.717, 1.165) is 28.5 Å². The number of amides is 1.